The Bertz CT molecular complexity index is 1400. The van der Waals surface area contributed by atoms with Gasteiger partial charge in [-0.2, -0.15) is 0 Å². The van der Waals surface area contributed by atoms with Crippen LogP contribution < -0.4 is 4.90 Å². The molecule has 0 aromatic carbocycles. The summed E-state index contributed by atoms with van der Waals surface area (Å²) >= 11 is 0. The Balaban J connectivity index is 1.30. The van der Waals surface area contributed by atoms with Crippen LogP contribution in [0.4, 0.5) is 10.2 Å². The fraction of sp³-hybridized carbons (Fsp3) is 0.308. The molecule has 0 saturated carbocycles. The van der Waals surface area contributed by atoms with Crippen LogP contribution in [0.1, 0.15) is 21.7 Å². The number of halogens is 1. The maximum Gasteiger partial charge on any atom is 0.256 e. The zero-order valence-corrected chi connectivity index (χ0v) is 19.1. The van der Waals surface area contributed by atoms with E-state index < -0.39 is 5.82 Å². The lowest BCUT2D eigenvalue weighted by molar-refractivity contribution is 0.0785. The molecule has 6 rings (SSSR count). The number of amides is 1. The monoisotopic (exact) mass is 456 g/mol. The van der Waals surface area contributed by atoms with E-state index in [0.717, 1.165) is 35.8 Å². The first-order chi connectivity index (χ1) is 16.5. The minimum absolute atomic E-state index is 0.0683. The van der Waals surface area contributed by atoms with Gasteiger partial charge in [-0.15, -0.1) is 0 Å². The lowest BCUT2D eigenvalue weighted by Crippen LogP contribution is -2.34. The van der Waals surface area contributed by atoms with Gasteiger partial charge in [0.05, 0.1) is 22.5 Å². The number of pyridine rings is 2. The Morgan fingerprint density at radius 3 is 2.59 bits per heavy atom. The number of aryl methyl sites for hydroxylation is 2. The average molecular weight is 457 g/mol. The van der Waals surface area contributed by atoms with Crippen molar-refractivity contribution in [2.75, 3.05) is 31.1 Å². The van der Waals surface area contributed by atoms with E-state index >= 15 is 0 Å². The van der Waals surface area contributed by atoms with Gasteiger partial charge < -0.3 is 14.2 Å². The van der Waals surface area contributed by atoms with Crippen molar-refractivity contribution in [3.8, 4) is 11.3 Å². The topological polar surface area (TPSA) is 66.6 Å². The predicted molar refractivity (Wildman–Crippen MR) is 127 cm³/mol. The lowest BCUT2D eigenvalue weighted by atomic mass is 10.0. The maximum absolute atomic E-state index is 14.7. The fourth-order valence-electron chi connectivity index (χ4n) is 5.42. The van der Waals surface area contributed by atoms with Crippen molar-refractivity contribution < 1.29 is 9.18 Å². The van der Waals surface area contributed by atoms with Gasteiger partial charge in [0.15, 0.2) is 0 Å². The highest BCUT2D eigenvalue weighted by Crippen LogP contribution is 2.37. The summed E-state index contributed by atoms with van der Waals surface area (Å²) in [6.45, 7) is 7.00. The van der Waals surface area contributed by atoms with Crippen molar-refractivity contribution in [2.45, 2.75) is 13.8 Å². The Kier molecular flexibility index (Phi) is 4.83. The molecule has 6 heterocycles. The van der Waals surface area contributed by atoms with Crippen LogP contribution in [0.5, 0.6) is 0 Å². The number of carbonyl (C=O) groups excluding carboxylic acids is 1. The fourth-order valence-corrected chi connectivity index (χ4v) is 5.42. The van der Waals surface area contributed by atoms with Gasteiger partial charge in [-0.3, -0.25) is 14.8 Å². The summed E-state index contributed by atoms with van der Waals surface area (Å²) < 4.78 is 16.5. The molecule has 172 valence electrons. The molecule has 2 saturated heterocycles. The molecule has 0 unspecified atom stereocenters. The van der Waals surface area contributed by atoms with E-state index in [1.54, 1.807) is 24.7 Å². The zero-order valence-electron chi connectivity index (χ0n) is 19.1. The minimum atomic E-state index is -0.434. The van der Waals surface area contributed by atoms with Gasteiger partial charge >= 0.3 is 0 Å². The third-order valence-corrected chi connectivity index (χ3v) is 7.04. The van der Waals surface area contributed by atoms with Crippen molar-refractivity contribution in [3.05, 3.63) is 77.9 Å². The standard InChI is InChI=1S/C26H25FN6O/c1-16-10-29-17(2)25(30-16)32-11-18-13-33(14-19(18)12-32)26(34)23-20(24-21(27)6-5-8-28-24)15-31-9-4-3-7-22(23)31/h3-10,15,18-19H,11-14H2,1-2H3/t18-,19+. The first kappa shape index (κ1) is 20.8. The smallest absolute Gasteiger partial charge is 0.256 e. The third-order valence-electron chi connectivity index (χ3n) is 7.04. The van der Waals surface area contributed by atoms with Crippen LogP contribution in [-0.4, -0.2) is 56.3 Å². The van der Waals surface area contributed by atoms with E-state index in [-0.39, 0.29) is 11.6 Å². The SMILES string of the molecule is Cc1cnc(C)c(N2C[C@H]3CN(C(=O)c4c(-c5ncccc5F)cn5ccccc45)C[C@H]3C2)n1. The van der Waals surface area contributed by atoms with Crippen LogP contribution in [0.3, 0.4) is 0 Å². The third kappa shape index (κ3) is 3.32. The Labute approximate surface area is 196 Å². The van der Waals surface area contributed by atoms with E-state index in [4.69, 9.17) is 4.98 Å². The first-order valence-electron chi connectivity index (χ1n) is 11.5. The molecule has 0 radical (unpaired) electrons. The van der Waals surface area contributed by atoms with E-state index in [1.807, 2.05) is 47.5 Å². The molecule has 4 aromatic rings. The van der Waals surface area contributed by atoms with Gasteiger partial charge in [-0.25, -0.2) is 9.37 Å². The highest BCUT2D eigenvalue weighted by Gasteiger charge is 2.43. The van der Waals surface area contributed by atoms with E-state index in [9.17, 15) is 9.18 Å². The van der Waals surface area contributed by atoms with Gasteiger partial charge in [-0.1, -0.05) is 6.07 Å². The molecule has 0 bridgehead atoms. The van der Waals surface area contributed by atoms with Crippen LogP contribution in [0.15, 0.2) is 55.1 Å². The largest absolute Gasteiger partial charge is 0.354 e. The van der Waals surface area contributed by atoms with Gasteiger partial charge in [0.1, 0.15) is 17.3 Å². The van der Waals surface area contributed by atoms with Crippen molar-refractivity contribution in [2.24, 2.45) is 11.8 Å². The summed E-state index contributed by atoms with van der Waals surface area (Å²) in [6.07, 6.45) is 7.02. The molecular formula is C26H25FN6O. The number of anilines is 1. The second kappa shape index (κ2) is 7.90. The van der Waals surface area contributed by atoms with Gasteiger partial charge in [0, 0.05) is 68.4 Å². The summed E-state index contributed by atoms with van der Waals surface area (Å²) in [5.74, 6) is 1.18. The molecule has 0 N–H and O–H groups in total. The van der Waals surface area contributed by atoms with E-state index in [1.165, 1.54) is 6.07 Å². The van der Waals surface area contributed by atoms with Crippen molar-refractivity contribution in [1.82, 2.24) is 24.3 Å². The van der Waals surface area contributed by atoms with Crippen molar-refractivity contribution >= 4 is 17.2 Å². The zero-order chi connectivity index (χ0) is 23.4. The molecule has 0 aliphatic carbocycles. The minimum Gasteiger partial charge on any atom is -0.354 e. The summed E-state index contributed by atoms with van der Waals surface area (Å²) in [6, 6.07) is 8.63. The van der Waals surface area contributed by atoms with E-state index in [0.29, 0.717) is 36.1 Å². The molecule has 0 spiro atoms. The second-order valence-corrected chi connectivity index (χ2v) is 9.30. The molecule has 1 amide bonds. The molecule has 2 atom stereocenters. The number of hydrogen-bond donors (Lipinski definition) is 0. The van der Waals surface area contributed by atoms with Crippen LogP contribution in [0, 0.1) is 31.5 Å². The molecule has 2 aliphatic heterocycles. The Morgan fingerprint density at radius 1 is 1.03 bits per heavy atom. The quantitative estimate of drug-likeness (QED) is 0.470. The van der Waals surface area contributed by atoms with Crippen molar-refractivity contribution in [3.63, 3.8) is 0 Å². The van der Waals surface area contributed by atoms with Crippen LogP contribution >= 0.6 is 0 Å². The number of nitrogens with zero attached hydrogens (tertiary/aromatic N) is 6. The molecule has 4 aromatic heterocycles. The number of hydrogen-bond acceptors (Lipinski definition) is 5. The molecule has 8 heteroatoms. The highest BCUT2D eigenvalue weighted by atomic mass is 19.1. The number of rotatable bonds is 3. The van der Waals surface area contributed by atoms with Gasteiger partial charge in [-0.05, 0) is 38.1 Å². The summed E-state index contributed by atoms with van der Waals surface area (Å²) in [5, 5.41) is 0. The highest BCUT2D eigenvalue weighted by molar-refractivity contribution is 6.07. The summed E-state index contributed by atoms with van der Waals surface area (Å²) in [4.78, 5) is 31.5. The van der Waals surface area contributed by atoms with Crippen molar-refractivity contribution in [1.29, 1.82) is 0 Å². The Hall–Kier alpha value is -3.81. The maximum atomic E-state index is 14.7. The van der Waals surface area contributed by atoms with Gasteiger partial charge in [0.25, 0.3) is 5.91 Å². The molecule has 2 fully saturated rings. The number of aromatic nitrogens is 4. The summed E-state index contributed by atoms with van der Waals surface area (Å²) in [7, 11) is 0. The average Bonchev–Trinajstić information content (AvgIpc) is 3.52. The molecule has 2 aliphatic rings. The number of carbonyl (C=O) groups is 1. The molecular weight excluding hydrogens is 431 g/mol. The first-order valence-corrected chi connectivity index (χ1v) is 11.5. The molecule has 7 nitrogen and oxygen atoms in total. The number of likely N-dealkylation sites (tertiary alicyclic amines) is 1. The van der Waals surface area contributed by atoms with Gasteiger partial charge in [0.2, 0.25) is 0 Å². The lowest BCUT2D eigenvalue weighted by Gasteiger charge is -2.23. The van der Waals surface area contributed by atoms with Crippen LogP contribution in [0.2, 0.25) is 0 Å². The molecule has 34 heavy (non-hydrogen) atoms. The van der Waals surface area contributed by atoms with Crippen LogP contribution in [0.25, 0.3) is 16.8 Å². The predicted octanol–water partition coefficient (Wildman–Crippen LogP) is 3.76. The van der Waals surface area contributed by atoms with E-state index in [2.05, 4.69) is 14.9 Å². The second-order valence-electron chi connectivity index (χ2n) is 9.30. The van der Waals surface area contributed by atoms with Crippen LogP contribution in [-0.2, 0) is 0 Å². The summed E-state index contributed by atoms with van der Waals surface area (Å²) in [5.41, 5.74) is 3.84. The number of fused-ring (bicyclic) bond motifs is 2. The Morgan fingerprint density at radius 2 is 1.82 bits per heavy atom. The normalized spacial score (nSPS) is 19.7.